The quantitative estimate of drug-likeness (QED) is 0.592. The molecule has 0 amide bonds. The van der Waals surface area contributed by atoms with Crippen molar-refractivity contribution in [1.29, 1.82) is 0 Å². The highest BCUT2D eigenvalue weighted by molar-refractivity contribution is 6.40. The number of hydrogen-bond donors (Lipinski definition) is 0. The topological polar surface area (TPSA) is 0 Å². The van der Waals surface area contributed by atoms with Gasteiger partial charge >= 0.3 is 0 Å². The van der Waals surface area contributed by atoms with Crippen LogP contribution < -0.4 is 0 Å². The molecule has 2 saturated heterocycles. The summed E-state index contributed by atoms with van der Waals surface area (Å²) in [7, 11) is 1.58. The molecule has 0 spiro atoms. The summed E-state index contributed by atoms with van der Waals surface area (Å²) >= 11 is 0. The average molecular weight is 192 g/mol. The fraction of sp³-hybridized carbons (Fsp3) is 1.00. The number of hydrogen-bond acceptors (Lipinski definition) is 0. The van der Waals surface area contributed by atoms with Crippen molar-refractivity contribution in [3.63, 3.8) is 0 Å². The van der Waals surface area contributed by atoms with Gasteiger partial charge in [0.15, 0.2) is 0 Å². The highest BCUT2D eigenvalue weighted by Crippen LogP contribution is 2.48. The molecule has 0 saturated carbocycles. The molecule has 2 unspecified atom stereocenters. The summed E-state index contributed by atoms with van der Waals surface area (Å²) in [6.45, 7) is 4.78. The van der Waals surface area contributed by atoms with Gasteiger partial charge in [-0.2, -0.15) is 0 Å². The Balaban J connectivity index is 1.97. The highest BCUT2D eigenvalue weighted by Gasteiger charge is 2.36. The molecule has 2 aliphatic rings. The van der Waals surface area contributed by atoms with E-state index in [1.165, 1.54) is 19.3 Å². The van der Waals surface area contributed by atoms with E-state index in [1.54, 1.807) is 33.0 Å². The SMILES string of the molecule is CCC(CC)[C@H]1CCC2BC1CCC2. The second kappa shape index (κ2) is 4.72. The van der Waals surface area contributed by atoms with Gasteiger partial charge in [-0.3, -0.25) is 0 Å². The van der Waals surface area contributed by atoms with Crippen molar-refractivity contribution >= 4 is 7.28 Å². The van der Waals surface area contributed by atoms with Crippen molar-refractivity contribution < 1.29 is 0 Å². The van der Waals surface area contributed by atoms with Crippen LogP contribution in [0, 0.1) is 11.8 Å². The fourth-order valence-electron chi connectivity index (χ4n) is 4.16. The van der Waals surface area contributed by atoms with E-state index in [0.717, 1.165) is 23.5 Å². The van der Waals surface area contributed by atoms with Crippen LogP contribution in [0.1, 0.15) is 58.8 Å². The lowest BCUT2D eigenvalue weighted by Gasteiger charge is -2.43. The molecule has 0 radical (unpaired) electrons. The molecular formula is C13H25B. The van der Waals surface area contributed by atoms with Crippen molar-refractivity contribution in [3.8, 4) is 0 Å². The van der Waals surface area contributed by atoms with E-state index < -0.39 is 0 Å². The summed E-state index contributed by atoms with van der Waals surface area (Å²) < 4.78 is 0. The molecule has 0 aromatic carbocycles. The molecular weight excluding hydrogens is 167 g/mol. The van der Waals surface area contributed by atoms with Crippen LogP contribution in [0.15, 0.2) is 0 Å². The summed E-state index contributed by atoms with van der Waals surface area (Å²) in [5.41, 5.74) is 0. The fourth-order valence-corrected chi connectivity index (χ4v) is 4.16. The number of rotatable bonds is 3. The van der Waals surface area contributed by atoms with Gasteiger partial charge in [-0.05, 0) is 11.8 Å². The van der Waals surface area contributed by atoms with E-state index in [9.17, 15) is 0 Å². The molecule has 0 nitrogen and oxygen atoms in total. The van der Waals surface area contributed by atoms with Gasteiger partial charge in [-0.15, -0.1) is 0 Å². The minimum Gasteiger partial charge on any atom is -0.0654 e. The van der Waals surface area contributed by atoms with Crippen molar-refractivity contribution in [1.82, 2.24) is 0 Å². The maximum atomic E-state index is 2.39. The Morgan fingerprint density at radius 1 is 1.07 bits per heavy atom. The Morgan fingerprint density at radius 3 is 2.57 bits per heavy atom. The molecule has 80 valence electrons. The molecule has 2 fully saturated rings. The summed E-state index contributed by atoms with van der Waals surface area (Å²) in [4.78, 5) is 0. The molecule has 0 aromatic heterocycles. The maximum Gasteiger partial charge on any atom is 0.127 e. The standard InChI is InChI=1S/C13H25B/c1-3-10(4-2)12-9-8-11-6-5-7-13(12)14-11/h10-14H,3-9H2,1-2H3/t11?,12-,13?/m1/s1. The Morgan fingerprint density at radius 2 is 1.86 bits per heavy atom. The van der Waals surface area contributed by atoms with Crippen LogP contribution in [0.4, 0.5) is 0 Å². The minimum absolute atomic E-state index is 1.04. The van der Waals surface area contributed by atoms with Crippen LogP contribution in [0.3, 0.4) is 0 Å². The summed E-state index contributed by atoms with van der Waals surface area (Å²) in [5, 5.41) is 0. The molecule has 1 heteroatoms. The van der Waals surface area contributed by atoms with Gasteiger partial charge in [0.05, 0.1) is 0 Å². The Labute approximate surface area is 90.1 Å². The third-order valence-electron chi connectivity index (χ3n) is 4.99. The van der Waals surface area contributed by atoms with Crippen LogP contribution in [0.2, 0.25) is 11.6 Å². The van der Waals surface area contributed by atoms with Gasteiger partial charge in [0.1, 0.15) is 7.28 Å². The lowest BCUT2D eigenvalue weighted by Crippen LogP contribution is -2.33. The molecule has 3 atom stereocenters. The molecule has 0 aromatic rings. The van der Waals surface area contributed by atoms with Crippen LogP contribution in [-0.4, -0.2) is 7.28 Å². The van der Waals surface area contributed by atoms with E-state index in [1.807, 2.05) is 0 Å². The van der Waals surface area contributed by atoms with Gasteiger partial charge < -0.3 is 0 Å². The van der Waals surface area contributed by atoms with Gasteiger partial charge in [0.25, 0.3) is 0 Å². The maximum absolute atomic E-state index is 2.39. The van der Waals surface area contributed by atoms with Gasteiger partial charge in [-0.1, -0.05) is 70.4 Å². The van der Waals surface area contributed by atoms with E-state index in [-0.39, 0.29) is 0 Å². The highest BCUT2D eigenvalue weighted by atomic mass is 14.3. The predicted octanol–water partition coefficient (Wildman–Crippen LogP) is 4.03. The monoisotopic (exact) mass is 192 g/mol. The third kappa shape index (κ3) is 2.02. The third-order valence-corrected chi connectivity index (χ3v) is 4.99. The Hall–Kier alpha value is 0.0649. The van der Waals surface area contributed by atoms with Gasteiger partial charge in [-0.25, -0.2) is 0 Å². The molecule has 2 aliphatic heterocycles. The smallest absolute Gasteiger partial charge is 0.0654 e. The Bertz CT molecular complexity index is 174. The zero-order valence-corrected chi connectivity index (χ0v) is 9.97. The predicted molar refractivity (Wildman–Crippen MR) is 65.3 cm³/mol. The zero-order valence-electron chi connectivity index (χ0n) is 9.97. The summed E-state index contributed by atoms with van der Waals surface area (Å²) in [6, 6.07) is 0. The lowest BCUT2D eigenvalue weighted by molar-refractivity contribution is 0.232. The largest absolute Gasteiger partial charge is 0.127 e. The Kier molecular flexibility index (Phi) is 3.57. The van der Waals surface area contributed by atoms with Crippen LogP contribution >= 0.6 is 0 Å². The zero-order chi connectivity index (χ0) is 9.97. The average Bonchev–Trinajstić information content (AvgIpc) is 2.23. The van der Waals surface area contributed by atoms with Crippen molar-refractivity contribution in [2.45, 2.75) is 70.4 Å². The van der Waals surface area contributed by atoms with E-state index in [4.69, 9.17) is 0 Å². The van der Waals surface area contributed by atoms with E-state index in [0.29, 0.717) is 0 Å². The second-order valence-corrected chi connectivity index (χ2v) is 5.61. The van der Waals surface area contributed by atoms with Crippen LogP contribution in [0.5, 0.6) is 0 Å². The normalized spacial score (nSPS) is 36.9. The van der Waals surface area contributed by atoms with Gasteiger partial charge in [0, 0.05) is 0 Å². The van der Waals surface area contributed by atoms with E-state index in [2.05, 4.69) is 13.8 Å². The first-order valence-electron chi connectivity index (χ1n) is 6.85. The van der Waals surface area contributed by atoms with Gasteiger partial charge in [0.2, 0.25) is 0 Å². The van der Waals surface area contributed by atoms with E-state index >= 15 is 0 Å². The minimum atomic E-state index is 1.04. The summed E-state index contributed by atoms with van der Waals surface area (Å²) in [5.74, 6) is 4.38. The molecule has 0 aliphatic carbocycles. The van der Waals surface area contributed by atoms with Crippen LogP contribution in [-0.2, 0) is 0 Å². The molecule has 0 N–H and O–H groups in total. The molecule has 2 bridgehead atoms. The van der Waals surface area contributed by atoms with Crippen LogP contribution in [0.25, 0.3) is 0 Å². The number of fused-ring (bicyclic) bond motifs is 2. The first kappa shape index (κ1) is 10.6. The second-order valence-electron chi connectivity index (χ2n) is 5.61. The first-order chi connectivity index (χ1) is 6.85. The van der Waals surface area contributed by atoms with Crippen molar-refractivity contribution in [2.24, 2.45) is 11.8 Å². The molecule has 2 heterocycles. The lowest BCUT2D eigenvalue weighted by atomic mass is 9.40. The summed E-state index contributed by atoms with van der Waals surface area (Å²) in [6.07, 6.45) is 10.6. The molecule has 2 rings (SSSR count). The van der Waals surface area contributed by atoms with Crippen molar-refractivity contribution in [2.75, 3.05) is 0 Å². The first-order valence-corrected chi connectivity index (χ1v) is 6.85. The van der Waals surface area contributed by atoms with Crippen molar-refractivity contribution in [3.05, 3.63) is 0 Å². The molecule has 14 heavy (non-hydrogen) atoms.